The number of rotatable bonds is 5. The maximum absolute atomic E-state index is 12.0. The molecule has 1 rings (SSSR count). The lowest BCUT2D eigenvalue weighted by atomic mass is 9.94. The Balaban J connectivity index is 2.67. The van der Waals surface area contributed by atoms with E-state index < -0.39 is 17.6 Å². The highest BCUT2D eigenvalue weighted by atomic mass is 16.5. The SMILES string of the molecule is COC(=O)C(NC(=O)C(C)(N)C1CC1)C(C)C. The van der Waals surface area contributed by atoms with E-state index in [1.807, 2.05) is 13.8 Å². The summed E-state index contributed by atoms with van der Waals surface area (Å²) in [5.41, 5.74) is 5.10. The Morgan fingerprint density at radius 1 is 1.41 bits per heavy atom. The zero-order valence-electron chi connectivity index (χ0n) is 10.9. The maximum atomic E-state index is 12.0. The summed E-state index contributed by atoms with van der Waals surface area (Å²) in [4.78, 5) is 23.6. The number of methoxy groups -OCH3 is 1. The summed E-state index contributed by atoms with van der Waals surface area (Å²) in [6.45, 7) is 5.42. The molecule has 0 heterocycles. The Labute approximate surface area is 102 Å². The van der Waals surface area contributed by atoms with Crippen LogP contribution < -0.4 is 11.1 Å². The van der Waals surface area contributed by atoms with Crippen LogP contribution in [0.5, 0.6) is 0 Å². The second kappa shape index (κ2) is 5.04. The van der Waals surface area contributed by atoms with Crippen LogP contribution in [-0.4, -0.2) is 30.6 Å². The molecule has 98 valence electrons. The number of ether oxygens (including phenoxy) is 1. The third-order valence-corrected chi connectivity index (χ3v) is 3.32. The second-order valence-corrected chi connectivity index (χ2v) is 5.28. The van der Waals surface area contributed by atoms with Crippen LogP contribution in [0.15, 0.2) is 0 Å². The van der Waals surface area contributed by atoms with Crippen LogP contribution in [0.25, 0.3) is 0 Å². The van der Waals surface area contributed by atoms with Gasteiger partial charge in [-0.2, -0.15) is 0 Å². The molecule has 0 aromatic heterocycles. The lowest BCUT2D eigenvalue weighted by Gasteiger charge is -2.27. The minimum atomic E-state index is -0.888. The van der Waals surface area contributed by atoms with E-state index in [1.54, 1.807) is 6.92 Å². The molecule has 3 N–H and O–H groups in total. The average Bonchev–Trinajstić information content (AvgIpc) is 3.07. The summed E-state index contributed by atoms with van der Waals surface area (Å²) < 4.78 is 4.67. The van der Waals surface area contributed by atoms with Gasteiger partial charge in [0.15, 0.2) is 0 Å². The monoisotopic (exact) mass is 242 g/mol. The normalized spacial score (nSPS) is 20.6. The van der Waals surface area contributed by atoms with E-state index in [4.69, 9.17) is 5.73 Å². The van der Waals surface area contributed by atoms with E-state index in [0.29, 0.717) is 0 Å². The molecule has 5 nitrogen and oxygen atoms in total. The fourth-order valence-electron chi connectivity index (χ4n) is 1.79. The van der Waals surface area contributed by atoms with Crippen molar-refractivity contribution in [1.29, 1.82) is 0 Å². The number of carbonyl (C=O) groups excluding carboxylic acids is 2. The van der Waals surface area contributed by atoms with Gasteiger partial charge in [-0.05, 0) is 31.6 Å². The van der Waals surface area contributed by atoms with Gasteiger partial charge in [0.25, 0.3) is 0 Å². The van der Waals surface area contributed by atoms with Crippen LogP contribution in [0.4, 0.5) is 0 Å². The second-order valence-electron chi connectivity index (χ2n) is 5.28. The van der Waals surface area contributed by atoms with Gasteiger partial charge in [0, 0.05) is 0 Å². The van der Waals surface area contributed by atoms with Gasteiger partial charge < -0.3 is 15.8 Å². The highest BCUT2D eigenvalue weighted by Crippen LogP contribution is 2.38. The first kappa shape index (κ1) is 14.0. The lowest BCUT2D eigenvalue weighted by Crippen LogP contribution is -2.58. The molecule has 1 aliphatic rings. The van der Waals surface area contributed by atoms with Crippen LogP contribution in [0.2, 0.25) is 0 Å². The van der Waals surface area contributed by atoms with Crippen molar-refractivity contribution in [2.45, 2.75) is 45.2 Å². The average molecular weight is 242 g/mol. The molecule has 0 bridgehead atoms. The minimum Gasteiger partial charge on any atom is -0.467 e. The fourth-order valence-corrected chi connectivity index (χ4v) is 1.79. The van der Waals surface area contributed by atoms with Gasteiger partial charge in [0.1, 0.15) is 6.04 Å². The van der Waals surface area contributed by atoms with E-state index in [-0.39, 0.29) is 17.7 Å². The van der Waals surface area contributed by atoms with Gasteiger partial charge in [-0.3, -0.25) is 4.79 Å². The lowest BCUT2D eigenvalue weighted by molar-refractivity contribution is -0.147. The molecule has 0 aromatic rings. The Morgan fingerprint density at radius 3 is 2.29 bits per heavy atom. The summed E-state index contributed by atoms with van der Waals surface area (Å²) in [6, 6.07) is -0.630. The molecule has 5 heteroatoms. The van der Waals surface area contributed by atoms with E-state index in [2.05, 4.69) is 10.1 Å². The molecule has 2 unspecified atom stereocenters. The van der Waals surface area contributed by atoms with Gasteiger partial charge in [-0.25, -0.2) is 4.79 Å². The fraction of sp³-hybridized carbons (Fsp3) is 0.833. The van der Waals surface area contributed by atoms with Crippen molar-refractivity contribution in [1.82, 2.24) is 5.32 Å². The zero-order valence-corrected chi connectivity index (χ0v) is 10.9. The molecule has 0 radical (unpaired) electrons. The number of nitrogens with one attached hydrogen (secondary N) is 1. The molecule has 17 heavy (non-hydrogen) atoms. The van der Waals surface area contributed by atoms with Crippen molar-refractivity contribution >= 4 is 11.9 Å². The van der Waals surface area contributed by atoms with Crippen molar-refractivity contribution in [3.63, 3.8) is 0 Å². The van der Waals surface area contributed by atoms with Crippen LogP contribution in [0, 0.1) is 11.8 Å². The first-order valence-corrected chi connectivity index (χ1v) is 5.98. The predicted octanol–water partition coefficient (Wildman–Crippen LogP) is 0.428. The number of hydrogen-bond acceptors (Lipinski definition) is 4. The van der Waals surface area contributed by atoms with Crippen molar-refractivity contribution in [3.05, 3.63) is 0 Å². The van der Waals surface area contributed by atoms with Crippen LogP contribution in [0.1, 0.15) is 33.6 Å². The first-order chi connectivity index (χ1) is 7.80. The number of nitrogens with two attached hydrogens (primary N) is 1. The topological polar surface area (TPSA) is 81.4 Å². The molecule has 2 atom stereocenters. The molecular weight excluding hydrogens is 220 g/mol. The van der Waals surface area contributed by atoms with Gasteiger partial charge in [-0.1, -0.05) is 13.8 Å². The van der Waals surface area contributed by atoms with E-state index in [1.165, 1.54) is 7.11 Å². The Kier molecular flexibility index (Phi) is 4.14. The third-order valence-electron chi connectivity index (χ3n) is 3.32. The molecule has 1 amide bonds. The van der Waals surface area contributed by atoms with Gasteiger partial charge in [0.2, 0.25) is 5.91 Å². The quantitative estimate of drug-likeness (QED) is 0.685. The van der Waals surface area contributed by atoms with E-state index in [0.717, 1.165) is 12.8 Å². The predicted molar refractivity (Wildman–Crippen MR) is 64.1 cm³/mol. The first-order valence-electron chi connectivity index (χ1n) is 5.98. The maximum Gasteiger partial charge on any atom is 0.328 e. The largest absolute Gasteiger partial charge is 0.467 e. The van der Waals surface area contributed by atoms with E-state index in [9.17, 15) is 9.59 Å². The van der Waals surface area contributed by atoms with Gasteiger partial charge in [-0.15, -0.1) is 0 Å². The summed E-state index contributed by atoms with van der Waals surface area (Å²) in [5.74, 6) is -0.501. The van der Waals surface area contributed by atoms with Crippen molar-refractivity contribution < 1.29 is 14.3 Å². The molecule has 0 aromatic carbocycles. The Morgan fingerprint density at radius 2 is 1.94 bits per heavy atom. The third kappa shape index (κ3) is 3.19. The molecule has 0 spiro atoms. The van der Waals surface area contributed by atoms with Crippen molar-refractivity contribution in [2.75, 3.05) is 7.11 Å². The molecular formula is C12H22N2O3. The van der Waals surface area contributed by atoms with E-state index >= 15 is 0 Å². The molecule has 0 saturated heterocycles. The zero-order chi connectivity index (χ0) is 13.2. The van der Waals surface area contributed by atoms with Crippen molar-refractivity contribution in [3.8, 4) is 0 Å². The number of esters is 1. The molecule has 1 aliphatic carbocycles. The van der Waals surface area contributed by atoms with Crippen molar-refractivity contribution in [2.24, 2.45) is 17.6 Å². The number of hydrogen-bond donors (Lipinski definition) is 2. The number of amides is 1. The standard InChI is InChI=1S/C12H22N2O3/c1-7(2)9(10(15)17-4)14-11(16)12(3,13)8-5-6-8/h7-9H,5-6,13H2,1-4H3,(H,14,16). The highest BCUT2D eigenvalue weighted by molar-refractivity contribution is 5.90. The summed E-state index contributed by atoms with van der Waals surface area (Å²) in [6.07, 6.45) is 1.95. The van der Waals surface area contributed by atoms with Gasteiger partial charge in [0.05, 0.1) is 12.6 Å². The summed E-state index contributed by atoms with van der Waals surface area (Å²) >= 11 is 0. The number of carbonyl (C=O) groups is 2. The Hall–Kier alpha value is -1.10. The molecule has 0 aliphatic heterocycles. The van der Waals surface area contributed by atoms with Crippen LogP contribution >= 0.6 is 0 Å². The van der Waals surface area contributed by atoms with Gasteiger partial charge >= 0.3 is 5.97 Å². The summed E-state index contributed by atoms with van der Waals surface area (Å²) in [7, 11) is 1.31. The molecule has 1 fully saturated rings. The molecule has 1 saturated carbocycles. The highest BCUT2D eigenvalue weighted by Gasteiger charge is 2.45. The Bertz CT molecular complexity index is 309. The smallest absolute Gasteiger partial charge is 0.328 e. The van der Waals surface area contributed by atoms with Crippen LogP contribution in [0.3, 0.4) is 0 Å². The minimum absolute atomic E-state index is 0.0265. The van der Waals surface area contributed by atoms with Crippen LogP contribution in [-0.2, 0) is 14.3 Å². The summed E-state index contributed by atoms with van der Waals surface area (Å²) in [5, 5.41) is 2.69.